The first-order valence-electron chi connectivity index (χ1n) is 15.6. The molecule has 4 aromatic rings. The van der Waals surface area contributed by atoms with Gasteiger partial charge in [0.1, 0.15) is 0 Å². The maximum absolute atomic E-state index is 12.1. The number of amides is 2. The van der Waals surface area contributed by atoms with Crippen LogP contribution in [0.3, 0.4) is 0 Å². The third kappa shape index (κ3) is 7.89. The van der Waals surface area contributed by atoms with E-state index in [4.69, 9.17) is 34.0 Å². The molecule has 0 spiro atoms. The predicted octanol–water partition coefficient (Wildman–Crippen LogP) is 6.47. The topological polar surface area (TPSA) is 79.4 Å². The van der Waals surface area contributed by atoms with Gasteiger partial charge in [-0.2, -0.15) is 5.10 Å². The molecule has 3 aromatic carbocycles. The van der Waals surface area contributed by atoms with Gasteiger partial charge in [0.05, 0.1) is 17.3 Å². The molecule has 0 saturated carbocycles. The van der Waals surface area contributed by atoms with Crippen molar-refractivity contribution < 1.29 is 4.79 Å². The number of aryl methyl sites for hydroxylation is 1. The smallest absolute Gasteiger partial charge is 0.315 e. The minimum Gasteiger partial charge on any atom is -0.351 e. The molecule has 0 bridgehead atoms. The Morgan fingerprint density at radius 2 is 1.60 bits per heavy atom. The van der Waals surface area contributed by atoms with Gasteiger partial charge in [-0.25, -0.2) is 4.79 Å². The average molecular weight is 642 g/mol. The van der Waals surface area contributed by atoms with Gasteiger partial charge in [-0.15, -0.1) is 0 Å². The summed E-state index contributed by atoms with van der Waals surface area (Å²) in [6, 6.07) is 21.6. The van der Waals surface area contributed by atoms with Crippen molar-refractivity contribution >= 4 is 29.2 Å². The highest BCUT2D eigenvalue weighted by Crippen LogP contribution is 2.32. The fourth-order valence-electron chi connectivity index (χ4n) is 6.11. The number of likely N-dealkylation sites (tertiary alicyclic amines) is 1. The molecule has 3 N–H and O–H groups in total. The van der Waals surface area contributed by atoms with Gasteiger partial charge < -0.3 is 20.9 Å². The van der Waals surface area contributed by atoms with Gasteiger partial charge in [0.15, 0.2) is 0 Å². The summed E-state index contributed by atoms with van der Waals surface area (Å²) in [4.78, 5) is 16.3. The molecule has 7 nitrogen and oxygen atoms in total. The van der Waals surface area contributed by atoms with Crippen molar-refractivity contribution in [2.45, 2.75) is 51.9 Å². The zero-order chi connectivity index (χ0) is 31.2. The van der Waals surface area contributed by atoms with E-state index in [-0.39, 0.29) is 0 Å². The van der Waals surface area contributed by atoms with Gasteiger partial charge >= 0.3 is 6.03 Å². The number of fused-ring (bicyclic) bond motifs is 1. The maximum atomic E-state index is 12.1. The molecule has 0 atom stereocenters. The molecule has 0 unspecified atom stereocenters. The van der Waals surface area contributed by atoms with E-state index in [1.807, 2.05) is 54.6 Å². The largest absolute Gasteiger partial charge is 0.351 e. The van der Waals surface area contributed by atoms with Crippen LogP contribution < -0.4 is 11.1 Å². The van der Waals surface area contributed by atoms with E-state index >= 15 is 0 Å². The number of primary amides is 1. The zero-order valence-electron chi connectivity index (χ0n) is 25.4. The highest BCUT2D eigenvalue weighted by atomic mass is 35.5. The number of nitrogens with two attached hydrogens (primary N) is 1. The van der Waals surface area contributed by atoms with Gasteiger partial charge in [-0.05, 0) is 86.4 Å². The van der Waals surface area contributed by atoms with Gasteiger partial charge in [-0.3, -0.25) is 4.68 Å². The van der Waals surface area contributed by atoms with Crippen LogP contribution in [-0.2, 0) is 32.6 Å². The first-order valence-corrected chi connectivity index (χ1v) is 16.4. The molecule has 2 aliphatic rings. The number of nitrogens with zero attached hydrogens (tertiary/aromatic N) is 4. The quantitative estimate of drug-likeness (QED) is 0.206. The highest BCUT2D eigenvalue weighted by molar-refractivity contribution is 6.31. The molecular weight excluding hydrogens is 603 g/mol. The number of carbonyl (C=O) groups excluding carboxylic acids is 1. The molecule has 45 heavy (non-hydrogen) atoms. The standard InChI is InChI=1S/C36H38Cl2N6O/c37-31-13-9-28(10-14-31)24-40-23-27-6-4-26(5-7-27)8-11-29-22-30(12-15-33(29)38)35-32-25-43(36(39)45)21-16-34(32)44(41-35)20-3-19-42-17-1-2-18-42/h4-7,9-10,12-15,22,40H,1-3,16-21,23-25H2,(H2,39,45). The SMILES string of the molecule is NC(=O)N1CCc2c(c(-c3ccc(Cl)c(C#Cc4ccc(CNCc5ccc(Cl)cc5)cc4)c3)nn2CCCN2CCCC2)C1. The molecule has 2 amide bonds. The fourth-order valence-corrected chi connectivity index (χ4v) is 6.40. The number of rotatable bonds is 9. The lowest BCUT2D eigenvalue weighted by molar-refractivity contribution is 0.201. The molecule has 232 valence electrons. The summed E-state index contributed by atoms with van der Waals surface area (Å²) >= 11 is 12.6. The Labute approximate surface area is 275 Å². The summed E-state index contributed by atoms with van der Waals surface area (Å²) in [5.74, 6) is 6.55. The zero-order valence-corrected chi connectivity index (χ0v) is 26.9. The number of halogens is 2. The minimum absolute atomic E-state index is 0.403. The second-order valence-corrected chi connectivity index (χ2v) is 12.6. The fraction of sp³-hybridized carbons (Fsp3) is 0.333. The van der Waals surface area contributed by atoms with Crippen LogP contribution in [0.1, 0.15) is 52.8 Å². The van der Waals surface area contributed by atoms with E-state index in [1.165, 1.54) is 42.8 Å². The Morgan fingerprint density at radius 1 is 0.889 bits per heavy atom. The Kier molecular flexibility index (Phi) is 10.1. The summed E-state index contributed by atoms with van der Waals surface area (Å²) in [5.41, 5.74) is 13.8. The first kappa shape index (κ1) is 31.2. The molecular formula is C36H38Cl2N6O. The van der Waals surface area contributed by atoms with Gasteiger partial charge in [0.25, 0.3) is 0 Å². The number of aromatic nitrogens is 2. The van der Waals surface area contributed by atoms with E-state index in [0.29, 0.717) is 18.1 Å². The van der Waals surface area contributed by atoms with Crippen molar-refractivity contribution in [1.29, 1.82) is 0 Å². The van der Waals surface area contributed by atoms with Gasteiger partial charge in [-0.1, -0.05) is 65.4 Å². The van der Waals surface area contributed by atoms with Crippen LogP contribution in [0.4, 0.5) is 4.79 Å². The summed E-state index contributed by atoms with van der Waals surface area (Å²) in [5, 5.41) is 9.88. The Balaban J connectivity index is 1.17. The number of nitrogens with one attached hydrogen (secondary N) is 1. The van der Waals surface area contributed by atoms with E-state index in [9.17, 15) is 4.79 Å². The molecule has 1 fully saturated rings. The van der Waals surface area contributed by atoms with Crippen LogP contribution in [0.2, 0.25) is 10.0 Å². The van der Waals surface area contributed by atoms with Crippen LogP contribution in [0, 0.1) is 11.8 Å². The van der Waals surface area contributed by atoms with E-state index in [0.717, 1.165) is 72.0 Å². The molecule has 2 aliphatic heterocycles. The van der Waals surface area contributed by atoms with Crippen LogP contribution in [0.15, 0.2) is 66.7 Å². The van der Waals surface area contributed by atoms with E-state index in [2.05, 4.69) is 38.9 Å². The van der Waals surface area contributed by atoms with Crippen molar-refractivity contribution in [3.8, 4) is 23.1 Å². The van der Waals surface area contributed by atoms with Crippen LogP contribution in [0.5, 0.6) is 0 Å². The predicted molar refractivity (Wildman–Crippen MR) is 181 cm³/mol. The van der Waals surface area contributed by atoms with Crippen molar-refractivity contribution in [1.82, 2.24) is 24.9 Å². The summed E-state index contributed by atoms with van der Waals surface area (Å²) in [6.07, 6.45) is 4.37. The molecule has 6 rings (SSSR count). The average Bonchev–Trinajstić information content (AvgIpc) is 3.70. The van der Waals surface area contributed by atoms with Crippen LogP contribution in [-0.4, -0.2) is 51.8 Å². The number of benzene rings is 3. The minimum atomic E-state index is -0.403. The molecule has 1 saturated heterocycles. The van der Waals surface area contributed by atoms with Crippen molar-refractivity contribution in [3.63, 3.8) is 0 Å². The lowest BCUT2D eigenvalue weighted by Gasteiger charge is -2.26. The normalized spacial score (nSPS) is 14.7. The first-order chi connectivity index (χ1) is 21.9. The van der Waals surface area contributed by atoms with Gasteiger partial charge in [0, 0.05) is 65.6 Å². The number of urea groups is 1. The highest BCUT2D eigenvalue weighted by Gasteiger charge is 2.27. The molecule has 9 heteroatoms. The Morgan fingerprint density at radius 3 is 2.31 bits per heavy atom. The van der Waals surface area contributed by atoms with Crippen LogP contribution >= 0.6 is 23.2 Å². The van der Waals surface area contributed by atoms with E-state index < -0.39 is 6.03 Å². The lowest BCUT2D eigenvalue weighted by atomic mass is 9.99. The second kappa shape index (κ2) is 14.5. The Bertz CT molecular complexity index is 1700. The third-order valence-electron chi connectivity index (χ3n) is 8.60. The monoisotopic (exact) mass is 640 g/mol. The summed E-state index contributed by atoms with van der Waals surface area (Å²) in [6.45, 7) is 6.90. The number of hydrogen-bond acceptors (Lipinski definition) is 4. The Hall–Kier alpha value is -3.80. The second-order valence-electron chi connectivity index (χ2n) is 11.8. The maximum Gasteiger partial charge on any atom is 0.315 e. The van der Waals surface area contributed by atoms with Crippen molar-refractivity contribution in [2.75, 3.05) is 26.2 Å². The number of hydrogen-bond donors (Lipinski definition) is 2. The third-order valence-corrected chi connectivity index (χ3v) is 9.18. The molecule has 0 radical (unpaired) electrons. The summed E-state index contributed by atoms with van der Waals surface area (Å²) in [7, 11) is 0. The van der Waals surface area contributed by atoms with Crippen molar-refractivity contribution in [2.24, 2.45) is 5.73 Å². The molecule has 1 aromatic heterocycles. The van der Waals surface area contributed by atoms with Crippen molar-refractivity contribution in [3.05, 3.63) is 110 Å². The van der Waals surface area contributed by atoms with Crippen LogP contribution in [0.25, 0.3) is 11.3 Å². The van der Waals surface area contributed by atoms with E-state index in [1.54, 1.807) is 4.90 Å². The molecule has 0 aliphatic carbocycles. The molecule has 3 heterocycles. The number of carbonyl (C=O) groups is 1. The lowest BCUT2D eigenvalue weighted by Crippen LogP contribution is -2.39. The van der Waals surface area contributed by atoms with Gasteiger partial charge in [0.2, 0.25) is 0 Å². The summed E-state index contributed by atoms with van der Waals surface area (Å²) < 4.78 is 2.14.